The van der Waals surface area contributed by atoms with E-state index in [4.69, 9.17) is 0 Å². The highest BCUT2D eigenvalue weighted by Gasteiger charge is 2.19. The Labute approximate surface area is 161 Å². The molecule has 9 heteroatoms. The molecule has 1 aromatic heterocycles. The smallest absolute Gasteiger partial charge is 0.292 e. The summed E-state index contributed by atoms with van der Waals surface area (Å²) in [6, 6.07) is 6.10. The van der Waals surface area contributed by atoms with E-state index < -0.39 is 4.92 Å². The van der Waals surface area contributed by atoms with Crippen molar-refractivity contribution < 1.29 is 9.72 Å². The van der Waals surface area contributed by atoms with E-state index in [1.807, 2.05) is 11.6 Å². The number of carbonyl (C=O) groups excluding carboxylic acids is 1. The normalized spacial score (nSPS) is 14.9. The minimum absolute atomic E-state index is 0.113. The second kappa shape index (κ2) is 8.98. The van der Waals surface area contributed by atoms with Crippen molar-refractivity contribution in [1.82, 2.24) is 14.8 Å². The van der Waals surface area contributed by atoms with Crippen LogP contribution in [0.2, 0.25) is 0 Å². The van der Waals surface area contributed by atoms with Crippen LogP contribution in [0.3, 0.4) is 0 Å². The van der Waals surface area contributed by atoms with E-state index in [1.165, 1.54) is 56.0 Å². The minimum Gasteiger partial charge on any atom is -0.320 e. The molecule has 0 atom stereocenters. The molecule has 0 spiro atoms. The van der Waals surface area contributed by atoms with Crippen molar-refractivity contribution >= 4 is 29.0 Å². The molecule has 1 fully saturated rings. The molecule has 27 heavy (non-hydrogen) atoms. The summed E-state index contributed by atoms with van der Waals surface area (Å²) in [6.45, 7) is 0. The predicted octanol–water partition coefficient (Wildman–Crippen LogP) is 3.58. The summed E-state index contributed by atoms with van der Waals surface area (Å²) in [5.74, 6) is 1.41. The number of para-hydroxylation sites is 2. The van der Waals surface area contributed by atoms with Gasteiger partial charge in [-0.15, -0.1) is 10.2 Å². The molecule has 1 saturated carbocycles. The van der Waals surface area contributed by atoms with Gasteiger partial charge in [0, 0.05) is 19.5 Å². The van der Waals surface area contributed by atoms with Crippen LogP contribution in [-0.4, -0.2) is 31.3 Å². The van der Waals surface area contributed by atoms with Gasteiger partial charge >= 0.3 is 0 Å². The summed E-state index contributed by atoms with van der Waals surface area (Å²) in [5.41, 5.74) is 0.0772. The molecule has 1 aromatic carbocycles. The third-order valence-electron chi connectivity index (χ3n) is 4.83. The summed E-state index contributed by atoms with van der Waals surface area (Å²) >= 11 is 1.28. The number of aromatic nitrogens is 3. The van der Waals surface area contributed by atoms with E-state index in [9.17, 15) is 14.9 Å². The van der Waals surface area contributed by atoms with Crippen molar-refractivity contribution in [3.05, 3.63) is 40.2 Å². The van der Waals surface area contributed by atoms with Crippen molar-refractivity contribution in [3.63, 3.8) is 0 Å². The number of carbonyl (C=O) groups is 1. The van der Waals surface area contributed by atoms with Crippen LogP contribution in [0.1, 0.15) is 37.9 Å². The van der Waals surface area contributed by atoms with Gasteiger partial charge in [-0.1, -0.05) is 56.0 Å². The van der Waals surface area contributed by atoms with Gasteiger partial charge in [0.25, 0.3) is 5.69 Å². The quantitative estimate of drug-likeness (QED) is 0.441. The average molecular weight is 389 g/mol. The van der Waals surface area contributed by atoms with Crippen LogP contribution in [0.15, 0.2) is 29.4 Å². The van der Waals surface area contributed by atoms with Crippen molar-refractivity contribution in [3.8, 4) is 0 Å². The molecule has 0 aliphatic heterocycles. The maximum atomic E-state index is 12.2. The lowest BCUT2D eigenvalue weighted by Crippen LogP contribution is -2.15. The van der Waals surface area contributed by atoms with Gasteiger partial charge in [0.2, 0.25) is 5.91 Å². The Hall–Kier alpha value is -2.42. The van der Waals surface area contributed by atoms with Crippen LogP contribution in [0.5, 0.6) is 0 Å². The first-order valence-electron chi connectivity index (χ1n) is 9.09. The molecule has 144 valence electrons. The Morgan fingerprint density at radius 1 is 1.30 bits per heavy atom. The largest absolute Gasteiger partial charge is 0.320 e. The lowest BCUT2D eigenvalue weighted by atomic mass is 9.87. The number of anilines is 1. The summed E-state index contributed by atoms with van der Waals surface area (Å²) < 4.78 is 1.94. The van der Waals surface area contributed by atoms with E-state index in [-0.39, 0.29) is 23.0 Å². The Morgan fingerprint density at radius 2 is 2.04 bits per heavy atom. The number of nitrogens with one attached hydrogen (secondary N) is 1. The van der Waals surface area contributed by atoms with Crippen LogP contribution in [0.4, 0.5) is 11.4 Å². The topological polar surface area (TPSA) is 103 Å². The van der Waals surface area contributed by atoms with Crippen LogP contribution in [0, 0.1) is 16.0 Å². The first-order valence-corrected chi connectivity index (χ1v) is 10.1. The van der Waals surface area contributed by atoms with Crippen LogP contribution in [-0.2, 0) is 18.3 Å². The summed E-state index contributed by atoms with van der Waals surface area (Å²) in [6.07, 6.45) is 7.31. The maximum absolute atomic E-state index is 12.2. The fourth-order valence-electron chi connectivity index (χ4n) is 3.35. The Kier molecular flexibility index (Phi) is 6.44. The van der Waals surface area contributed by atoms with Crippen LogP contribution < -0.4 is 5.32 Å². The maximum Gasteiger partial charge on any atom is 0.292 e. The summed E-state index contributed by atoms with van der Waals surface area (Å²) in [7, 11) is 1.92. The number of rotatable bonds is 7. The zero-order valence-electron chi connectivity index (χ0n) is 15.3. The number of thioether (sulfide) groups is 1. The summed E-state index contributed by atoms with van der Waals surface area (Å²) in [4.78, 5) is 22.7. The highest BCUT2D eigenvalue weighted by Crippen LogP contribution is 2.27. The lowest BCUT2D eigenvalue weighted by Gasteiger charge is -2.20. The molecule has 1 aliphatic carbocycles. The molecule has 0 saturated heterocycles. The van der Waals surface area contributed by atoms with E-state index in [0.717, 1.165) is 12.2 Å². The molecule has 2 aromatic rings. The van der Waals surface area contributed by atoms with Crippen LogP contribution in [0.25, 0.3) is 0 Å². The van der Waals surface area contributed by atoms with Crippen molar-refractivity contribution in [2.45, 2.75) is 43.7 Å². The van der Waals surface area contributed by atoms with E-state index in [0.29, 0.717) is 11.1 Å². The van der Waals surface area contributed by atoms with Gasteiger partial charge in [-0.05, 0) is 12.0 Å². The Balaban J connectivity index is 1.55. The molecule has 8 nitrogen and oxygen atoms in total. The van der Waals surface area contributed by atoms with Gasteiger partial charge < -0.3 is 9.88 Å². The minimum atomic E-state index is -0.511. The molecular formula is C18H23N5O3S. The molecule has 3 rings (SSSR count). The molecule has 0 bridgehead atoms. The zero-order chi connectivity index (χ0) is 19.2. The monoisotopic (exact) mass is 389 g/mol. The first kappa shape index (κ1) is 19.3. The molecule has 1 aliphatic rings. The van der Waals surface area contributed by atoms with Crippen molar-refractivity contribution in [1.29, 1.82) is 0 Å². The van der Waals surface area contributed by atoms with Crippen LogP contribution >= 0.6 is 11.8 Å². The van der Waals surface area contributed by atoms with E-state index >= 15 is 0 Å². The number of nitro groups is 1. The van der Waals surface area contributed by atoms with E-state index in [1.54, 1.807) is 12.1 Å². The molecular weight excluding hydrogens is 366 g/mol. The third-order valence-corrected chi connectivity index (χ3v) is 5.85. The van der Waals surface area contributed by atoms with Crippen molar-refractivity contribution in [2.24, 2.45) is 13.0 Å². The number of nitro benzene ring substituents is 1. The van der Waals surface area contributed by atoms with Gasteiger partial charge in [0.1, 0.15) is 11.5 Å². The second-order valence-electron chi connectivity index (χ2n) is 6.78. The van der Waals surface area contributed by atoms with Gasteiger partial charge in [-0.3, -0.25) is 14.9 Å². The SMILES string of the molecule is Cn1c(CC2CCCCC2)nnc1SCC(=O)Nc1ccccc1[N+](=O)[O-]. The van der Waals surface area contributed by atoms with Gasteiger partial charge in [-0.25, -0.2) is 0 Å². The second-order valence-corrected chi connectivity index (χ2v) is 7.72. The fraction of sp³-hybridized carbons (Fsp3) is 0.500. The summed E-state index contributed by atoms with van der Waals surface area (Å²) in [5, 5.41) is 22.8. The molecule has 1 N–H and O–H groups in total. The highest BCUT2D eigenvalue weighted by atomic mass is 32.2. The van der Waals surface area contributed by atoms with Gasteiger partial charge in [0.05, 0.1) is 10.7 Å². The van der Waals surface area contributed by atoms with Gasteiger partial charge in [0.15, 0.2) is 5.16 Å². The zero-order valence-corrected chi connectivity index (χ0v) is 16.1. The molecule has 0 unspecified atom stereocenters. The fourth-order valence-corrected chi connectivity index (χ4v) is 4.08. The molecule has 1 heterocycles. The third kappa shape index (κ3) is 5.06. The number of nitrogens with zero attached hydrogens (tertiary/aromatic N) is 4. The number of hydrogen-bond acceptors (Lipinski definition) is 6. The lowest BCUT2D eigenvalue weighted by molar-refractivity contribution is -0.383. The van der Waals surface area contributed by atoms with Crippen molar-refractivity contribution in [2.75, 3.05) is 11.1 Å². The Morgan fingerprint density at radius 3 is 2.78 bits per heavy atom. The Bertz CT molecular complexity index is 817. The first-order chi connectivity index (χ1) is 13.0. The highest BCUT2D eigenvalue weighted by molar-refractivity contribution is 7.99. The van der Waals surface area contributed by atoms with Gasteiger partial charge in [-0.2, -0.15) is 0 Å². The number of benzene rings is 1. The average Bonchev–Trinajstić information content (AvgIpc) is 3.01. The standard InChI is InChI=1S/C18H23N5O3S/c1-22-16(11-13-7-3-2-4-8-13)20-21-18(22)27-12-17(24)19-14-9-5-6-10-15(14)23(25)26/h5-6,9-10,13H,2-4,7-8,11-12H2,1H3,(H,19,24). The molecule has 1 amide bonds. The number of hydrogen-bond donors (Lipinski definition) is 1. The number of amides is 1. The predicted molar refractivity (Wildman–Crippen MR) is 104 cm³/mol. The molecule has 0 radical (unpaired) electrons. The van der Waals surface area contributed by atoms with E-state index in [2.05, 4.69) is 15.5 Å².